The molecule has 0 radical (unpaired) electrons. The fourth-order valence-corrected chi connectivity index (χ4v) is 3.50. The van der Waals surface area contributed by atoms with Crippen molar-refractivity contribution < 1.29 is 28.6 Å². The molecular formula is C22H23FN4O5. The summed E-state index contributed by atoms with van der Waals surface area (Å²) in [6.45, 7) is 5.78. The van der Waals surface area contributed by atoms with Gasteiger partial charge in [-0.05, 0) is 26.8 Å². The normalized spacial score (nSPS) is 16.3. The lowest BCUT2D eigenvalue weighted by molar-refractivity contribution is -0.0595. The molecule has 0 unspecified atom stereocenters. The van der Waals surface area contributed by atoms with Gasteiger partial charge in [-0.15, -0.1) is 0 Å². The molecule has 32 heavy (non-hydrogen) atoms. The van der Waals surface area contributed by atoms with Gasteiger partial charge in [0.05, 0.1) is 36.4 Å². The van der Waals surface area contributed by atoms with Crippen LogP contribution in [0.3, 0.4) is 0 Å². The summed E-state index contributed by atoms with van der Waals surface area (Å²) in [6.07, 6.45) is 0. The molecular weight excluding hydrogens is 419 g/mol. The molecule has 10 heteroatoms. The monoisotopic (exact) mass is 442 g/mol. The fraction of sp³-hybridized carbons (Fsp3) is 0.409. The molecule has 0 saturated carbocycles. The first-order valence-corrected chi connectivity index (χ1v) is 10.0. The Bertz CT molecular complexity index is 1180. The number of carbonyl (C=O) groups excluding carboxylic acids is 2. The van der Waals surface area contributed by atoms with Crippen LogP contribution in [0.5, 0.6) is 5.75 Å². The van der Waals surface area contributed by atoms with E-state index in [0.717, 1.165) is 0 Å². The zero-order valence-corrected chi connectivity index (χ0v) is 17.9. The third-order valence-corrected chi connectivity index (χ3v) is 5.06. The molecule has 2 amide bonds. The number of rotatable bonds is 3. The molecule has 4 rings (SSSR count). The van der Waals surface area contributed by atoms with Crippen molar-refractivity contribution in [1.82, 2.24) is 14.9 Å². The van der Waals surface area contributed by atoms with E-state index < -0.39 is 28.8 Å². The molecule has 9 nitrogen and oxygen atoms in total. The van der Waals surface area contributed by atoms with Crippen molar-refractivity contribution in [3.63, 3.8) is 0 Å². The highest BCUT2D eigenvalue weighted by atomic mass is 19.1. The van der Waals surface area contributed by atoms with Gasteiger partial charge in [0, 0.05) is 6.07 Å². The Balaban J connectivity index is 1.85. The summed E-state index contributed by atoms with van der Waals surface area (Å²) >= 11 is 0. The van der Waals surface area contributed by atoms with Gasteiger partial charge in [0.1, 0.15) is 35.3 Å². The quantitative estimate of drug-likeness (QED) is 0.604. The van der Waals surface area contributed by atoms with Crippen LogP contribution in [-0.2, 0) is 11.3 Å². The van der Waals surface area contributed by atoms with E-state index in [4.69, 9.17) is 15.2 Å². The second kappa shape index (κ2) is 7.62. The zero-order chi connectivity index (χ0) is 23.3. The van der Waals surface area contributed by atoms with Gasteiger partial charge in [-0.25, -0.2) is 9.37 Å². The number of fused-ring (bicyclic) bond motifs is 3. The Hall–Kier alpha value is -3.42. The number of imidazole rings is 1. The summed E-state index contributed by atoms with van der Waals surface area (Å²) in [5, 5.41) is 12.7. The molecule has 1 aromatic heterocycles. The smallest absolute Gasteiger partial charge is 0.271 e. The lowest BCUT2D eigenvalue weighted by Gasteiger charge is -2.38. The van der Waals surface area contributed by atoms with Crippen LogP contribution in [0.4, 0.5) is 4.39 Å². The lowest BCUT2D eigenvalue weighted by Crippen LogP contribution is -2.60. The van der Waals surface area contributed by atoms with Crippen LogP contribution in [0.1, 0.15) is 47.3 Å². The van der Waals surface area contributed by atoms with Crippen molar-refractivity contribution in [3.8, 4) is 29.0 Å². The number of hydrogen-bond acceptors (Lipinski definition) is 6. The van der Waals surface area contributed by atoms with Crippen molar-refractivity contribution in [2.45, 2.75) is 38.5 Å². The van der Waals surface area contributed by atoms with E-state index in [9.17, 15) is 19.1 Å². The third kappa shape index (κ3) is 4.04. The third-order valence-electron chi connectivity index (χ3n) is 5.06. The minimum Gasteiger partial charge on any atom is -0.491 e. The fourth-order valence-electron chi connectivity index (χ4n) is 3.50. The van der Waals surface area contributed by atoms with Gasteiger partial charge in [0.15, 0.2) is 5.69 Å². The molecule has 4 N–H and O–H groups in total. The van der Waals surface area contributed by atoms with E-state index in [1.807, 2.05) is 6.92 Å². The van der Waals surface area contributed by atoms with Gasteiger partial charge in [0.25, 0.3) is 11.8 Å². The van der Waals surface area contributed by atoms with Gasteiger partial charge >= 0.3 is 0 Å². The Morgan fingerprint density at radius 1 is 1.38 bits per heavy atom. The Morgan fingerprint density at radius 3 is 2.69 bits per heavy atom. The Morgan fingerprint density at radius 2 is 2.09 bits per heavy atom. The molecule has 1 aromatic carbocycles. The molecule has 2 aliphatic rings. The predicted octanol–water partition coefficient (Wildman–Crippen LogP) is 0.822. The van der Waals surface area contributed by atoms with E-state index in [2.05, 4.69) is 22.1 Å². The van der Waals surface area contributed by atoms with E-state index in [1.165, 1.54) is 30.5 Å². The summed E-state index contributed by atoms with van der Waals surface area (Å²) in [5.74, 6) is 3.60. The molecule has 3 heterocycles. The standard InChI is InChI=1S/C22H23FN4O5/c1-21(2,30)5-4-12-8-13-15(9-14(12)23)32-7-6-27-17(16(18(24)28)25-19(13)27)20(29)26-22(3)10-31-11-22/h8-9,30H,6-7,10-11H2,1-3H3,(H2,24,28)(H,26,29). The van der Waals surface area contributed by atoms with Crippen LogP contribution in [0, 0.1) is 17.7 Å². The summed E-state index contributed by atoms with van der Waals surface area (Å²) in [4.78, 5) is 29.5. The first kappa shape index (κ1) is 21.8. The Labute approximate surface area is 183 Å². The number of hydrogen-bond donors (Lipinski definition) is 3. The molecule has 2 aliphatic heterocycles. The zero-order valence-electron chi connectivity index (χ0n) is 17.9. The van der Waals surface area contributed by atoms with E-state index in [0.29, 0.717) is 18.8 Å². The van der Waals surface area contributed by atoms with Crippen molar-refractivity contribution in [1.29, 1.82) is 0 Å². The minimum absolute atomic E-state index is 0.00512. The molecule has 168 valence electrons. The number of halogens is 1. The summed E-state index contributed by atoms with van der Waals surface area (Å²) in [5.41, 5.74) is 3.82. The number of aromatic nitrogens is 2. The van der Waals surface area contributed by atoms with Crippen molar-refractivity contribution in [2.24, 2.45) is 5.73 Å². The molecule has 0 aliphatic carbocycles. The van der Waals surface area contributed by atoms with Crippen molar-refractivity contribution in [3.05, 3.63) is 34.9 Å². The van der Waals surface area contributed by atoms with Crippen LogP contribution >= 0.6 is 0 Å². The highest BCUT2D eigenvalue weighted by Crippen LogP contribution is 2.35. The second-order valence-corrected chi connectivity index (χ2v) is 8.64. The Kier molecular flexibility index (Phi) is 5.19. The highest BCUT2D eigenvalue weighted by molar-refractivity contribution is 6.05. The molecule has 1 fully saturated rings. The number of primary amides is 1. The average Bonchev–Trinajstić information content (AvgIpc) is 2.97. The van der Waals surface area contributed by atoms with Crippen LogP contribution in [0.25, 0.3) is 11.4 Å². The largest absolute Gasteiger partial charge is 0.491 e. The summed E-state index contributed by atoms with van der Waals surface area (Å²) in [6, 6.07) is 2.59. The van der Waals surface area contributed by atoms with E-state index >= 15 is 0 Å². The summed E-state index contributed by atoms with van der Waals surface area (Å²) < 4.78 is 27.0. The average molecular weight is 442 g/mol. The maximum atomic E-state index is 14.6. The van der Waals surface area contributed by atoms with Gasteiger partial charge < -0.3 is 30.2 Å². The maximum Gasteiger partial charge on any atom is 0.271 e. The van der Waals surface area contributed by atoms with Gasteiger partial charge in [0.2, 0.25) is 0 Å². The van der Waals surface area contributed by atoms with Crippen LogP contribution in [0.15, 0.2) is 12.1 Å². The first-order valence-electron chi connectivity index (χ1n) is 10.0. The number of aliphatic hydroxyl groups is 1. The molecule has 0 spiro atoms. The van der Waals surface area contributed by atoms with Crippen LogP contribution < -0.4 is 15.8 Å². The number of nitrogens with two attached hydrogens (primary N) is 1. The van der Waals surface area contributed by atoms with E-state index in [-0.39, 0.29) is 41.7 Å². The molecule has 0 bridgehead atoms. The molecule has 0 atom stereocenters. The number of carbonyl (C=O) groups is 2. The summed E-state index contributed by atoms with van der Waals surface area (Å²) in [7, 11) is 0. The number of benzene rings is 1. The topological polar surface area (TPSA) is 129 Å². The van der Waals surface area contributed by atoms with Crippen molar-refractivity contribution >= 4 is 11.8 Å². The van der Waals surface area contributed by atoms with E-state index in [1.54, 1.807) is 0 Å². The first-order chi connectivity index (χ1) is 15.0. The highest BCUT2D eigenvalue weighted by Gasteiger charge is 2.38. The maximum absolute atomic E-state index is 14.6. The second-order valence-electron chi connectivity index (χ2n) is 8.64. The number of nitrogens with zero attached hydrogens (tertiary/aromatic N) is 2. The van der Waals surface area contributed by atoms with Gasteiger partial charge in [-0.2, -0.15) is 0 Å². The van der Waals surface area contributed by atoms with Gasteiger partial charge in [-0.1, -0.05) is 11.8 Å². The molecule has 2 aromatic rings. The lowest BCUT2D eigenvalue weighted by atomic mass is 10.0. The minimum atomic E-state index is -1.32. The SMILES string of the molecule is CC(C)(O)C#Cc1cc2c(cc1F)OCCn1c-2nc(C(N)=O)c1C(=O)NC1(C)COC1. The predicted molar refractivity (Wildman–Crippen MR) is 111 cm³/mol. The number of ether oxygens (including phenoxy) is 2. The number of amides is 2. The van der Waals surface area contributed by atoms with Crippen LogP contribution in [0.2, 0.25) is 0 Å². The van der Waals surface area contributed by atoms with Crippen LogP contribution in [-0.4, -0.2) is 57.4 Å². The number of nitrogens with one attached hydrogen (secondary N) is 1. The van der Waals surface area contributed by atoms with Gasteiger partial charge in [-0.3, -0.25) is 9.59 Å². The molecule has 1 saturated heterocycles. The van der Waals surface area contributed by atoms with Crippen molar-refractivity contribution in [2.75, 3.05) is 19.8 Å².